The maximum atomic E-state index is 11.8. The number of amides is 1. The van der Waals surface area contributed by atoms with Gasteiger partial charge in [0.15, 0.2) is 0 Å². The molecular formula is C18H19N3O. The summed E-state index contributed by atoms with van der Waals surface area (Å²) in [6.07, 6.45) is 6.15. The molecule has 1 saturated carbocycles. The number of pyridine rings is 1. The van der Waals surface area contributed by atoms with Gasteiger partial charge in [-0.05, 0) is 49.4 Å². The fourth-order valence-corrected chi connectivity index (χ4v) is 3.00. The van der Waals surface area contributed by atoms with Crippen molar-refractivity contribution in [3.8, 4) is 0 Å². The van der Waals surface area contributed by atoms with Crippen LogP contribution in [0.15, 0.2) is 42.6 Å². The number of nitrogens with zero attached hydrogens (tertiary/aromatic N) is 2. The van der Waals surface area contributed by atoms with Crippen LogP contribution in [-0.2, 0) is 11.2 Å². The fourth-order valence-electron chi connectivity index (χ4n) is 3.00. The van der Waals surface area contributed by atoms with Crippen LogP contribution in [0, 0.1) is 5.92 Å². The van der Waals surface area contributed by atoms with E-state index in [-0.39, 0.29) is 11.8 Å². The van der Waals surface area contributed by atoms with Gasteiger partial charge in [-0.25, -0.2) is 4.98 Å². The van der Waals surface area contributed by atoms with Crippen LogP contribution in [0.1, 0.15) is 24.8 Å². The molecule has 22 heavy (non-hydrogen) atoms. The van der Waals surface area contributed by atoms with Crippen molar-refractivity contribution in [1.82, 2.24) is 4.98 Å². The van der Waals surface area contributed by atoms with E-state index in [1.165, 1.54) is 11.3 Å². The highest BCUT2D eigenvalue weighted by atomic mass is 16.2. The van der Waals surface area contributed by atoms with Crippen LogP contribution >= 0.6 is 0 Å². The molecular weight excluding hydrogens is 274 g/mol. The molecule has 1 amide bonds. The van der Waals surface area contributed by atoms with Gasteiger partial charge in [0.2, 0.25) is 5.91 Å². The zero-order chi connectivity index (χ0) is 14.9. The van der Waals surface area contributed by atoms with Crippen molar-refractivity contribution in [3.05, 3.63) is 48.2 Å². The molecule has 112 valence electrons. The first kappa shape index (κ1) is 13.3. The van der Waals surface area contributed by atoms with E-state index < -0.39 is 0 Å². The molecule has 0 spiro atoms. The Morgan fingerprint density at radius 2 is 2.05 bits per heavy atom. The Hall–Kier alpha value is -2.36. The minimum absolute atomic E-state index is 0.101. The number of aryl methyl sites for hydroxylation is 1. The summed E-state index contributed by atoms with van der Waals surface area (Å²) in [4.78, 5) is 18.5. The predicted molar refractivity (Wildman–Crippen MR) is 87.4 cm³/mol. The lowest BCUT2D eigenvalue weighted by molar-refractivity contribution is -0.117. The van der Waals surface area contributed by atoms with Crippen molar-refractivity contribution in [3.63, 3.8) is 0 Å². The van der Waals surface area contributed by atoms with Crippen molar-refractivity contribution < 1.29 is 4.79 Å². The molecule has 0 saturated heterocycles. The maximum Gasteiger partial charge on any atom is 0.228 e. The number of benzene rings is 1. The number of carbonyl (C=O) groups excluding carboxylic acids is 1. The van der Waals surface area contributed by atoms with Gasteiger partial charge >= 0.3 is 0 Å². The molecule has 4 heteroatoms. The van der Waals surface area contributed by atoms with Crippen molar-refractivity contribution in [2.75, 3.05) is 16.8 Å². The second-order valence-corrected chi connectivity index (χ2v) is 6.05. The Morgan fingerprint density at radius 1 is 1.18 bits per heavy atom. The summed E-state index contributed by atoms with van der Waals surface area (Å²) in [5.74, 6) is 0.949. The number of hydrogen-bond acceptors (Lipinski definition) is 3. The summed E-state index contributed by atoms with van der Waals surface area (Å²) in [5, 5.41) is 2.88. The molecule has 1 aromatic carbocycles. The number of para-hydroxylation sites is 1. The molecule has 2 aromatic rings. The monoisotopic (exact) mass is 293 g/mol. The number of nitrogens with one attached hydrogen (secondary N) is 1. The summed E-state index contributed by atoms with van der Waals surface area (Å²) >= 11 is 0. The van der Waals surface area contributed by atoms with Gasteiger partial charge in [0, 0.05) is 18.2 Å². The van der Waals surface area contributed by atoms with Crippen molar-refractivity contribution in [2.24, 2.45) is 5.92 Å². The molecule has 4 rings (SSSR count). The molecule has 0 radical (unpaired) electrons. The minimum Gasteiger partial charge on any atom is -0.340 e. The van der Waals surface area contributed by atoms with Crippen LogP contribution in [-0.4, -0.2) is 17.4 Å². The number of rotatable bonds is 3. The number of hydrogen-bond donors (Lipinski definition) is 1. The van der Waals surface area contributed by atoms with Gasteiger partial charge in [-0.2, -0.15) is 0 Å². The standard InChI is InChI=1S/C18H19N3O/c22-18(14-7-8-14)20-17-10-9-15(12-19-17)21-11-3-5-13-4-1-2-6-16(13)21/h1-2,4,6,9-10,12,14H,3,5,7-8,11H2,(H,19,20,22). The molecule has 2 heterocycles. The highest BCUT2D eigenvalue weighted by Gasteiger charge is 2.29. The predicted octanol–water partition coefficient (Wildman–Crippen LogP) is 3.51. The van der Waals surface area contributed by atoms with E-state index in [2.05, 4.69) is 39.5 Å². The van der Waals surface area contributed by atoms with Crippen molar-refractivity contribution >= 4 is 23.1 Å². The van der Waals surface area contributed by atoms with E-state index in [9.17, 15) is 4.79 Å². The summed E-state index contributed by atoms with van der Waals surface area (Å²) in [7, 11) is 0. The Balaban J connectivity index is 1.55. The number of carbonyl (C=O) groups is 1. The largest absolute Gasteiger partial charge is 0.340 e. The van der Waals surface area contributed by atoms with Gasteiger partial charge in [-0.15, -0.1) is 0 Å². The summed E-state index contributed by atoms with van der Waals surface area (Å²) in [6, 6.07) is 12.5. The van der Waals surface area contributed by atoms with Crippen LogP contribution in [0.3, 0.4) is 0 Å². The maximum absolute atomic E-state index is 11.8. The fraction of sp³-hybridized carbons (Fsp3) is 0.333. The average molecular weight is 293 g/mol. The number of aromatic nitrogens is 1. The van der Waals surface area contributed by atoms with E-state index in [1.807, 2.05) is 18.3 Å². The molecule has 1 N–H and O–H groups in total. The van der Waals surface area contributed by atoms with E-state index >= 15 is 0 Å². The molecule has 0 unspecified atom stereocenters. The third kappa shape index (κ3) is 2.56. The van der Waals surface area contributed by atoms with Gasteiger partial charge < -0.3 is 10.2 Å². The first-order valence-corrected chi connectivity index (χ1v) is 7.93. The molecule has 1 aromatic heterocycles. The first-order chi connectivity index (χ1) is 10.8. The second-order valence-electron chi connectivity index (χ2n) is 6.05. The van der Waals surface area contributed by atoms with E-state index in [0.29, 0.717) is 5.82 Å². The van der Waals surface area contributed by atoms with E-state index in [0.717, 1.165) is 37.9 Å². The van der Waals surface area contributed by atoms with Crippen LogP contribution in [0.25, 0.3) is 0 Å². The zero-order valence-electron chi connectivity index (χ0n) is 12.5. The second kappa shape index (κ2) is 5.44. The summed E-state index contributed by atoms with van der Waals surface area (Å²) in [5.41, 5.74) is 3.74. The quantitative estimate of drug-likeness (QED) is 0.942. The summed E-state index contributed by atoms with van der Waals surface area (Å²) in [6.45, 7) is 1.01. The van der Waals surface area contributed by atoms with E-state index in [4.69, 9.17) is 0 Å². The molecule has 2 aliphatic rings. The lowest BCUT2D eigenvalue weighted by Crippen LogP contribution is -2.24. The highest BCUT2D eigenvalue weighted by molar-refractivity contribution is 5.93. The molecule has 1 aliphatic carbocycles. The normalized spacial score (nSPS) is 17.0. The summed E-state index contributed by atoms with van der Waals surface area (Å²) < 4.78 is 0. The third-order valence-corrected chi connectivity index (χ3v) is 4.37. The van der Waals surface area contributed by atoms with Crippen LogP contribution in [0.4, 0.5) is 17.2 Å². The van der Waals surface area contributed by atoms with Gasteiger partial charge in [-0.3, -0.25) is 4.79 Å². The topological polar surface area (TPSA) is 45.2 Å². The van der Waals surface area contributed by atoms with Gasteiger partial charge in [0.25, 0.3) is 0 Å². The molecule has 1 aliphatic heterocycles. The molecule has 4 nitrogen and oxygen atoms in total. The highest BCUT2D eigenvalue weighted by Crippen LogP contribution is 2.33. The minimum atomic E-state index is 0.101. The zero-order valence-corrected chi connectivity index (χ0v) is 12.5. The lowest BCUT2D eigenvalue weighted by Gasteiger charge is -2.31. The van der Waals surface area contributed by atoms with Gasteiger partial charge in [-0.1, -0.05) is 18.2 Å². The number of anilines is 3. The van der Waals surface area contributed by atoms with Crippen molar-refractivity contribution in [2.45, 2.75) is 25.7 Å². The first-order valence-electron chi connectivity index (χ1n) is 7.93. The Morgan fingerprint density at radius 3 is 2.82 bits per heavy atom. The van der Waals surface area contributed by atoms with Crippen LogP contribution in [0.5, 0.6) is 0 Å². The van der Waals surface area contributed by atoms with Crippen LogP contribution < -0.4 is 10.2 Å². The average Bonchev–Trinajstić information content (AvgIpc) is 3.40. The third-order valence-electron chi connectivity index (χ3n) is 4.37. The van der Waals surface area contributed by atoms with Crippen molar-refractivity contribution in [1.29, 1.82) is 0 Å². The van der Waals surface area contributed by atoms with E-state index in [1.54, 1.807) is 0 Å². The SMILES string of the molecule is O=C(Nc1ccc(N2CCCc3ccccc32)cn1)C1CC1. The smallest absolute Gasteiger partial charge is 0.228 e. The number of fused-ring (bicyclic) bond motifs is 1. The van der Waals surface area contributed by atoms with Gasteiger partial charge in [0.1, 0.15) is 5.82 Å². The Kier molecular flexibility index (Phi) is 3.29. The lowest BCUT2D eigenvalue weighted by atomic mass is 10.0. The van der Waals surface area contributed by atoms with Gasteiger partial charge in [0.05, 0.1) is 11.9 Å². The molecule has 1 fully saturated rings. The van der Waals surface area contributed by atoms with Crippen LogP contribution in [0.2, 0.25) is 0 Å². The molecule has 0 bridgehead atoms. The Bertz CT molecular complexity index is 692. The Labute approximate surface area is 130 Å². The molecule has 0 atom stereocenters.